The summed E-state index contributed by atoms with van der Waals surface area (Å²) in [6.07, 6.45) is 4.07. The van der Waals surface area contributed by atoms with Crippen molar-refractivity contribution in [3.05, 3.63) is 48.1 Å². The fourth-order valence-corrected chi connectivity index (χ4v) is 2.10. The Labute approximate surface area is 144 Å². The molecule has 0 fully saturated rings. The number of aromatic nitrogens is 4. The van der Waals surface area contributed by atoms with Gasteiger partial charge in [-0.15, -0.1) is 0 Å². The molecule has 3 rings (SSSR count). The average Bonchev–Trinajstić information content (AvgIpc) is 3.05. The van der Waals surface area contributed by atoms with Crippen molar-refractivity contribution >= 4 is 11.7 Å². The molecule has 0 aliphatic rings. The van der Waals surface area contributed by atoms with Crippen molar-refractivity contribution in [2.24, 2.45) is 0 Å². The molecule has 0 atom stereocenters. The van der Waals surface area contributed by atoms with Gasteiger partial charge in [-0.25, -0.2) is 4.98 Å². The fourth-order valence-electron chi connectivity index (χ4n) is 2.10. The van der Waals surface area contributed by atoms with E-state index in [0.29, 0.717) is 23.3 Å². The maximum atomic E-state index is 11.9. The molecule has 1 amide bonds. The van der Waals surface area contributed by atoms with Crippen LogP contribution in [0, 0.1) is 6.92 Å². The number of ether oxygens (including phenoxy) is 1. The summed E-state index contributed by atoms with van der Waals surface area (Å²) in [5.74, 6) is 1.48. The van der Waals surface area contributed by atoms with Crippen LogP contribution >= 0.6 is 0 Å². The summed E-state index contributed by atoms with van der Waals surface area (Å²) in [4.78, 5) is 24.8. The molecule has 0 unspecified atom stereocenters. The second kappa shape index (κ2) is 7.52. The van der Waals surface area contributed by atoms with Gasteiger partial charge in [-0.1, -0.05) is 12.1 Å². The highest BCUT2D eigenvalue weighted by Crippen LogP contribution is 2.19. The fraction of sp³-hybridized carbons (Fsp3) is 0.235. The molecule has 8 nitrogen and oxygen atoms in total. The van der Waals surface area contributed by atoms with Gasteiger partial charge in [-0.05, 0) is 25.5 Å². The summed E-state index contributed by atoms with van der Waals surface area (Å²) in [5, 5.41) is 6.29. The zero-order chi connectivity index (χ0) is 17.6. The number of anilines is 1. The molecule has 128 valence electrons. The first-order valence-electron chi connectivity index (χ1n) is 7.78. The second-order valence-corrected chi connectivity index (χ2v) is 5.27. The molecule has 0 saturated carbocycles. The predicted molar refractivity (Wildman–Crippen MR) is 90.0 cm³/mol. The molecular formula is C17H17N5O3. The molecule has 1 N–H and O–H groups in total. The number of pyridine rings is 1. The molecule has 0 bridgehead atoms. The number of nitrogens with one attached hydrogen (secondary N) is 1. The normalized spacial score (nSPS) is 10.5. The molecule has 0 spiro atoms. The first kappa shape index (κ1) is 16.6. The Bertz CT molecular complexity index is 864. The largest absolute Gasteiger partial charge is 0.467 e. The maximum Gasteiger partial charge on any atom is 0.263 e. The number of amides is 1. The van der Waals surface area contributed by atoms with Crippen LogP contribution in [0.4, 0.5) is 5.82 Å². The minimum absolute atomic E-state index is 0.193. The van der Waals surface area contributed by atoms with E-state index in [4.69, 9.17) is 9.26 Å². The van der Waals surface area contributed by atoms with Gasteiger partial charge in [-0.3, -0.25) is 9.78 Å². The monoisotopic (exact) mass is 339 g/mol. The van der Waals surface area contributed by atoms with E-state index in [1.807, 2.05) is 19.1 Å². The van der Waals surface area contributed by atoms with Gasteiger partial charge in [-0.2, -0.15) is 4.98 Å². The maximum absolute atomic E-state index is 11.9. The van der Waals surface area contributed by atoms with E-state index in [-0.39, 0.29) is 12.5 Å². The quantitative estimate of drug-likeness (QED) is 0.735. The van der Waals surface area contributed by atoms with Gasteiger partial charge in [0.1, 0.15) is 5.76 Å². The van der Waals surface area contributed by atoms with Crippen LogP contribution in [0.3, 0.4) is 0 Å². The van der Waals surface area contributed by atoms with Gasteiger partial charge in [0.25, 0.3) is 5.91 Å². The van der Waals surface area contributed by atoms with Gasteiger partial charge in [0.15, 0.2) is 18.2 Å². The number of hydrogen-bond donors (Lipinski definition) is 1. The van der Waals surface area contributed by atoms with Crippen LogP contribution in [0.2, 0.25) is 0 Å². The molecule has 8 heteroatoms. The highest BCUT2D eigenvalue weighted by atomic mass is 16.5. The van der Waals surface area contributed by atoms with E-state index < -0.39 is 0 Å². The van der Waals surface area contributed by atoms with Crippen LogP contribution in [-0.2, 0) is 11.2 Å². The zero-order valence-electron chi connectivity index (χ0n) is 13.9. The standard InChI is InChI=1S/C17H17N5O3/c1-3-13-9-16(21-17(19-13)12-4-6-18-7-5-12)24-10-15(23)20-14-8-11(2)25-22-14/h4-9H,3,10H2,1-2H3,(H,20,22,23). The number of carbonyl (C=O) groups excluding carboxylic acids is 1. The Balaban J connectivity index is 1.70. The van der Waals surface area contributed by atoms with Gasteiger partial charge in [0, 0.05) is 35.8 Å². The predicted octanol–water partition coefficient (Wildman–Crippen LogP) is 2.41. The Morgan fingerprint density at radius 2 is 2.04 bits per heavy atom. The highest BCUT2D eigenvalue weighted by Gasteiger charge is 2.10. The third kappa shape index (κ3) is 4.37. The molecule has 0 saturated heterocycles. The van der Waals surface area contributed by atoms with Crippen LogP contribution in [0.5, 0.6) is 5.88 Å². The van der Waals surface area contributed by atoms with Crippen LogP contribution in [-0.4, -0.2) is 32.6 Å². The van der Waals surface area contributed by atoms with Gasteiger partial charge < -0.3 is 14.6 Å². The minimum atomic E-state index is -0.351. The topological polar surface area (TPSA) is 103 Å². The summed E-state index contributed by atoms with van der Waals surface area (Å²) in [7, 11) is 0. The second-order valence-electron chi connectivity index (χ2n) is 5.27. The number of nitrogens with zero attached hydrogens (tertiary/aromatic N) is 4. The molecule has 3 heterocycles. The van der Waals surface area contributed by atoms with Crippen molar-refractivity contribution in [3.8, 4) is 17.3 Å². The number of carbonyl (C=O) groups is 1. The summed E-state index contributed by atoms with van der Waals surface area (Å²) in [5.41, 5.74) is 1.65. The van der Waals surface area contributed by atoms with E-state index in [2.05, 4.69) is 25.4 Å². The molecule has 0 radical (unpaired) electrons. The van der Waals surface area contributed by atoms with Crippen molar-refractivity contribution in [3.63, 3.8) is 0 Å². The van der Waals surface area contributed by atoms with Crippen molar-refractivity contribution in [2.45, 2.75) is 20.3 Å². The Morgan fingerprint density at radius 3 is 2.72 bits per heavy atom. The van der Waals surface area contributed by atoms with E-state index in [0.717, 1.165) is 17.7 Å². The average molecular weight is 339 g/mol. The summed E-state index contributed by atoms with van der Waals surface area (Å²) in [6.45, 7) is 3.54. The van der Waals surface area contributed by atoms with Crippen molar-refractivity contribution in [1.82, 2.24) is 20.1 Å². The van der Waals surface area contributed by atoms with Crippen molar-refractivity contribution < 1.29 is 14.1 Å². The zero-order valence-corrected chi connectivity index (χ0v) is 13.9. The Morgan fingerprint density at radius 1 is 1.24 bits per heavy atom. The Kier molecular flexibility index (Phi) is 4.98. The van der Waals surface area contributed by atoms with E-state index in [1.54, 1.807) is 31.5 Å². The number of rotatable bonds is 6. The lowest BCUT2D eigenvalue weighted by Crippen LogP contribution is -2.20. The lowest BCUT2D eigenvalue weighted by molar-refractivity contribution is -0.118. The first-order valence-corrected chi connectivity index (χ1v) is 7.78. The molecule has 0 aliphatic heterocycles. The van der Waals surface area contributed by atoms with Gasteiger partial charge in [0.05, 0.1) is 0 Å². The minimum Gasteiger partial charge on any atom is -0.467 e. The third-order valence-corrected chi connectivity index (χ3v) is 3.30. The lowest BCUT2D eigenvalue weighted by Gasteiger charge is -2.08. The van der Waals surface area contributed by atoms with Crippen LogP contribution < -0.4 is 10.1 Å². The van der Waals surface area contributed by atoms with Crippen molar-refractivity contribution in [1.29, 1.82) is 0 Å². The van der Waals surface area contributed by atoms with E-state index >= 15 is 0 Å². The third-order valence-electron chi connectivity index (χ3n) is 3.30. The van der Waals surface area contributed by atoms with Crippen molar-refractivity contribution in [2.75, 3.05) is 11.9 Å². The summed E-state index contributed by atoms with van der Waals surface area (Å²) < 4.78 is 10.4. The van der Waals surface area contributed by atoms with Gasteiger partial charge in [0.2, 0.25) is 5.88 Å². The van der Waals surface area contributed by atoms with E-state index in [1.165, 1.54) is 0 Å². The summed E-state index contributed by atoms with van der Waals surface area (Å²) in [6, 6.07) is 6.98. The molecule has 0 aromatic carbocycles. The van der Waals surface area contributed by atoms with Crippen LogP contribution in [0.1, 0.15) is 18.4 Å². The first-order chi connectivity index (χ1) is 12.1. The number of aryl methyl sites for hydroxylation is 2. The highest BCUT2D eigenvalue weighted by molar-refractivity contribution is 5.90. The number of hydrogen-bond acceptors (Lipinski definition) is 7. The molecule has 3 aromatic rings. The summed E-state index contributed by atoms with van der Waals surface area (Å²) >= 11 is 0. The van der Waals surface area contributed by atoms with Crippen LogP contribution in [0.25, 0.3) is 11.4 Å². The van der Waals surface area contributed by atoms with Crippen LogP contribution in [0.15, 0.2) is 41.2 Å². The smallest absolute Gasteiger partial charge is 0.263 e. The SMILES string of the molecule is CCc1cc(OCC(=O)Nc2cc(C)on2)nc(-c2ccncc2)n1. The van der Waals surface area contributed by atoms with Gasteiger partial charge >= 0.3 is 0 Å². The molecule has 0 aliphatic carbocycles. The molecule has 3 aromatic heterocycles. The molecular weight excluding hydrogens is 322 g/mol. The van der Waals surface area contributed by atoms with E-state index in [9.17, 15) is 4.79 Å². The lowest BCUT2D eigenvalue weighted by atomic mass is 10.2. The Hall–Kier alpha value is -3.29. The molecule has 25 heavy (non-hydrogen) atoms.